The fourth-order valence-electron chi connectivity index (χ4n) is 0. The summed E-state index contributed by atoms with van der Waals surface area (Å²) in [7, 11) is -4.64. The topological polar surface area (TPSA) is 77.8 Å². The van der Waals surface area contributed by atoms with Crippen LogP contribution in [-0.2, 0) is 4.57 Å². The molecule has 0 aromatic rings. The molecule has 0 heterocycles. The molecule has 9 heteroatoms. The summed E-state index contributed by atoms with van der Waals surface area (Å²) in [5.41, 5.74) is 0. The fourth-order valence-corrected chi connectivity index (χ4v) is 0. The third-order valence-corrected chi connectivity index (χ3v) is 0. The Morgan fingerprint density at radius 2 is 0.889 bits per heavy atom. The van der Waals surface area contributed by atoms with E-state index in [1.54, 1.807) is 0 Å². The second-order valence-corrected chi connectivity index (χ2v) is 1.54. The van der Waals surface area contributed by atoms with Crippen LogP contribution in [0.15, 0.2) is 0 Å². The van der Waals surface area contributed by atoms with Gasteiger partial charge in [-0.15, -0.1) is 37.2 Å². The van der Waals surface area contributed by atoms with Gasteiger partial charge in [-0.05, 0) is 0 Å². The molecule has 9 heavy (non-hydrogen) atoms. The van der Waals surface area contributed by atoms with Crippen LogP contribution in [0.5, 0.6) is 0 Å². The summed E-state index contributed by atoms with van der Waals surface area (Å²) in [5, 5.41) is 0. The molecule has 0 saturated carbocycles. The van der Waals surface area contributed by atoms with Gasteiger partial charge in [-0.1, -0.05) is 0 Å². The number of phosphoric acid groups is 1. The van der Waals surface area contributed by atoms with E-state index in [-0.39, 0.29) is 75.0 Å². The van der Waals surface area contributed by atoms with Crippen LogP contribution in [0.3, 0.4) is 0 Å². The first-order valence-electron chi connectivity index (χ1n) is 0.783. The molecular weight excluding hydrogens is 241 g/mol. The van der Waals surface area contributed by atoms with Crippen LogP contribution in [0.1, 0.15) is 0 Å². The first kappa shape index (κ1) is 30.3. The van der Waals surface area contributed by atoms with Crippen molar-refractivity contribution in [2.24, 2.45) is 0 Å². The van der Waals surface area contributed by atoms with E-state index in [4.69, 9.17) is 19.2 Å². The van der Waals surface area contributed by atoms with Gasteiger partial charge < -0.3 is 14.7 Å². The molecule has 0 bridgehead atoms. The van der Waals surface area contributed by atoms with Gasteiger partial charge in [-0.3, -0.25) is 0 Å². The first-order chi connectivity index (χ1) is 2.00. The monoisotopic (exact) mass is 248 g/mol. The molecule has 0 aromatic carbocycles. The molecule has 0 amide bonds. The molecule has 0 aliphatic carbocycles. The molecule has 0 aromatic heterocycles. The summed E-state index contributed by atoms with van der Waals surface area (Å²) in [6.07, 6.45) is 0. The zero-order valence-electron chi connectivity index (χ0n) is 3.42. The van der Waals surface area contributed by atoms with Crippen molar-refractivity contribution in [3.63, 3.8) is 0 Å². The normalized spacial score (nSPS) is 6.56. The van der Waals surface area contributed by atoms with E-state index < -0.39 is 7.82 Å². The van der Waals surface area contributed by atoms with Crippen molar-refractivity contribution in [2.45, 2.75) is 0 Å². The molecule has 60 valence electrons. The van der Waals surface area contributed by atoms with E-state index in [1.807, 2.05) is 0 Å². The molecule has 0 saturated heterocycles. The van der Waals surface area contributed by atoms with Crippen LogP contribution in [0.25, 0.3) is 0 Å². The molecule has 4 nitrogen and oxygen atoms in total. The van der Waals surface area contributed by atoms with Crippen molar-refractivity contribution < 1.29 is 19.2 Å². The van der Waals surface area contributed by atoms with Crippen LogP contribution in [0.2, 0.25) is 0 Å². The molecule has 0 rings (SSSR count). The number of hydrogen-bond acceptors (Lipinski definition) is 1. The standard InChI is InChI=1S/Ca.3ClH.H3O4P.2H/c;;;;1-5(2,3)4;;/h;3*1H;(H3,1,2,3,4);;. The predicted molar refractivity (Wildman–Crippen MR) is 44.6 cm³/mol. The summed E-state index contributed by atoms with van der Waals surface area (Å²) in [6, 6.07) is 0. The van der Waals surface area contributed by atoms with Crippen LogP contribution in [0, 0.1) is 0 Å². The van der Waals surface area contributed by atoms with E-state index in [9.17, 15) is 0 Å². The second-order valence-electron chi connectivity index (χ2n) is 0.513. The van der Waals surface area contributed by atoms with Gasteiger partial charge in [0.05, 0.1) is 0 Å². The zero-order chi connectivity index (χ0) is 4.50. The molecule has 3 N–H and O–H groups in total. The Bertz CT molecular complexity index is 61.9. The SMILES string of the molecule is Cl.Cl.Cl.O=P(O)(O)O.[CaH2]. The van der Waals surface area contributed by atoms with Crippen LogP contribution < -0.4 is 0 Å². The van der Waals surface area contributed by atoms with Gasteiger partial charge in [-0.2, -0.15) is 0 Å². The van der Waals surface area contributed by atoms with Crippen molar-refractivity contribution in [1.29, 1.82) is 0 Å². The van der Waals surface area contributed by atoms with Gasteiger partial charge >= 0.3 is 45.6 Å². The Balaban J connectivity index is -0.0000000133. The minimum absolute atomic E-state index is 0. The van der Waals surface area contributed by atoms with Gasteiger partial charge in [0.25, 0.3) is 0 Å². The Hall–Kier alpha value is 2.24. The Morgan fingerprint density at radius 3 is 0.889 bits per heavy atom. The molecule has 0 aliphatic heterocycles. The number of rotatable bonds is 0. The third-order valence-electron chi connectivity index (χ3n) is 0. The first-order valence-corrected chi connectivity index (χ1v) is 2.35. The number of hydrogen-bond donors (Lipinski definition) is 3. The molecular formula is H8CaCl3O4P. The van der Waals surface area contributed by atoms with E-state index in [2.05, 4.69) is 0 Å². The van der Waals surface area contributed by atoms with Crippen molar-refractivity contribution in [3.05, 3.63) is 0 Å². The summed E-state index contributed by atoms with van der Waals surface area (Å²) < 4.78 is 8.88. The molecule has 0 atom stereocenters. The quantitative estimate of drug-likeness (QED) is 0.396. The van der Waals surface area contributed by atoms with Crippen LogP contribution >= 0.6 is 45.0 Å². The fraction of sp³-hybridized carbons (Fsp3) is 0. The van der Waals surface area contributed by atoms with E-state index in [0.29, 0.717) is 0 Å². The van der Waals surface area contributed by atoms with Crippen molar-refractivity contribution in [2.75, 3.05) is 0 Å². The van der Waals surface area contributed by atoms with Crippen molar-refractivity contribution in [3.8, 4) is 0 Å². The van der Waals surface area contributed by atoms with Crippen molar-refractivity contribution >= 4 is 82.8 Å². The average molecular weight is 249 g/mol. The van der Waals surface area contributed by atoms with Crippen molar-refractivity contribution in [1.82, 2.24) is 0 Å². The van der Waals surface area contributed by atoms with Gasteiger partial charge in [0.1, 0.15) is 0 Å². The van der Waals surface area contributed by atoms with E-state index in [1.165, 1.54) is 0 Å². The Morgan fingerprint density at radius 1 is 0.889 bits per heavy atom. The average Bonchev–Trinajstić information content (AvgIpc) is 0.722. The van der Waals surface area contributed by atoms with E-state index >= 15 is 0 Å². The summed E-state index contributed by atoms with van der Waals surface area (Å²) in [5.74, 6) is 0. The third kappa shape index (κ3) is 139. The summed E-state index contributed by atoms with van der Waals surface area (Å²) in [6.45, 7) is 0. The Kier molecular flexibility index (Phi) is 43.3. The summed E-state index contributed by atoms with van der Waals surface area (Å²) >= 11 is 0. The zero-order valence-corrected chi connectivity index (χ0v) is 6.77. The molecule has 0 radical (unpaired) electrons. The van der Waals surface area contributed by atoms with Gasteiger partial charge in [0.15, 0.2) is 0 Å². The Labute approximate surface area is 101 Å². The maximum atomic E-state index is 8.88. The van der Waals surface area contributed by atoms with Gasteiger partial charge in [0, 0.05) is 0 Å². The van der Waals surface area contributed by atoms with Crippen LogP contribution in [-0.4, -0.2) is 52.4 Å². The van der Waals surface area contributed by atoms with Gasteiger partial charge in [0.2, 0.25) is 0 Å². The molecule has 0 unspecified atom stereocenters. The second kappa shape index (κ2) is 12.9. The predicted octanol–water partition coefficient (Wildman–Crippen LogP) is -0.579. The molecule has 0 spiro atoms. The molecule has 0 fully saturated rings. The van der Waals surface area contributed by atoms with Crippen LogP contribution in [0.4, 0.5) is 0 Å². The molecule has 0 aliphatic rings. The summed E-state index contributed by atoms with van der Waals surface area (Å²) in [4.78, 5) is 21.6. The minimum atomic E-state index is -4.64. The van der Waals surface area contributed by atoms with E-state index in [0.717, 1.165) is 0 Å². The van der Waals surface area contributed by atoms with Gasteiger partial charge in [-0.25, -0.2) is 4.57 Å². The maximum absolute atomic E-state index is 8.88. The number of halogens is 3.